The van der Waals surface area contributed by atoms with E-state index in [0.717, 1.165) is 0 Å². The van der Waals surface area contributed by atoms with Gasteiger partial charge in [0.25, 0.3) is 5.24 Å². The topological polar surface area (TPSA) is 221 Å². The number of carbonyl (C=O) groups excluding carboxylic acids is 4. The predicted octanol–water partition coefficient (Wildman–Crippen LogP) is 4.32. The number of ketones is 3. The number of hydrogen-bond donors (Lipinski definition) is 5. The predicted molar refractivity (Wildman–Crippen MR) is 181 cm³/mol. The first kappa shape index (κ1) is 43.0. The number of nitrogen functional groups attached to an aromatic ring is 1. The molecule has 0 aliphatic carbocycles. The molecule has 0 radical (unpaired) electrons. The summed E-state index contributed by atoms with van der Waals surface area (Å²) in [7, 11) is 0. The number of nitrogens with two attached hydrogens (primary N) is 1. The van der Waals surface area contributed by atoms with E-state index >= 15 is 0 Å². The number of aromatic amines is 2. The maximum absolute atomic E-state index is 12.0. The number of nitrogens with zero attached hydrogens (tertiary/aromatic N) is 5. The van der Waals surface area contributed by atoms with E-state index in [9.17, 15) is 19.2 Å². The number of Topliss-reactive ketones (excluding diaryl/α,β-unsaturated/α-hetero) is 3. The van der Waals surface area contributed by atoms with Crippen LogP contribution in [0.5, 0.6) is 0 Å². The Labute approximate surface area is 287 Å². The van der Waals surface area contributed by atoms with Gasteiger partial charge in [0.2, 0.25) is 23.3 Å². The average Bonchev–Trinajstić information content (AvgIpc) is 3.71. The van der Waals surface area contributed by atoms with Crippen molar-refractivity contribution in [2.75, 3.05) is 38.6 Å². The van der Waals surface area contributed by atoms with E-state index in [4.69, 9.17) is 50.7 Å². The van der Waals surface area contributed by atoms with Crippen LogP contribution in [0, 0.1) is 0 Å². The van der Waals surface area contributed by atoms with E-state index in [1.807, 2.05) is 0 Å². The molecule has 2 aromatic heterocycles. The van der Waals surface area contributed by atoms with Crippen LogP contribution in [0.25, 0.3) is 0 Å². The molecule has 0 atom stereocenters. The third-order valence-electron chi connectivity index (χ3n) is 5.76. The minimum atomic E-state index is -0.671. The molecule has 47 heavy (non-hydrogen) atoms. The van der Waals surface area contributed by atoms with Gasteiger partial charge in [0, 0.05) is 5.56 Å². The minimum absolute atomic E-state index is 0. The van der Waals surface area contributed by atoms with E-state index < -0.39 is 30.0 Å². The first-order chi connectivity index (χ1) is 21.9. The molecule has 0 fully saturated rings. The number of carbonyl (C=O) groups is 4. The highest BCUT2D eigenvalue weighted by Gasteiger charge is 2.16. The van der Waals surface area contributed by atoms with Crippen LogP contribution in [0.15, 0.2) is 48.5 Å². The Balaban J connectivity index is 0.000000646. The average molecular weight is 714 g/mol. The second-order valence-electron chi connectivity index (χ2n) is 8.76. The van der Waals surface area contributed by atoms with Gasteiger partial charge in [0.15, 0.2) is 11.6 Å². The summed E-state index contributed by atoms with van der Waals surface area (Å²) >= 11 is 16.7. The van der Waals surface area contributed by atoms with Crippen LogP contribution in [0.3, 0.4) is 0 Å². The smallest absolute Gasteiger partial charge is 0.253 e. The summed E-state index contributed by atoms with van der Waals surface area (Å²) in [5.74, 6) is -1.26. The summed E-state index contributed by atoms with van der Waals surface area (Å²) in [5, 5.41) is 29.0. The van der Waals surface area contributed by atoms with Crippen molar-refractivity contribution in [3.05, 3.63) is 87.2 Å². The van der Waals surface area contributed by atoms with Crippen LogP contribution in [0.4, 0.5) is 5.95 Å². The Hall–Kier alpha value is -4.05. The second-order valence-corrected chi connectivity index (χ2v) is 9.92. The summed E-state index contributed by atoms with van der Waals surface area (Å²) in [4.78, 5) is 53.9. The van der Waals surface area contributed by atoms with E-state index in [1.165, 1.54) is 19.6 Å². The molecule has 6 N–H and O–H groups in total. The number of anilines is 1. The molecule has 0 aliphatic heterocycles. The lowest BCUT2D eigenvalue weighted by atomic mass is 10.1. The van der Waals surface area contributed by atoms with Gasteiger partial charge in [-0.05, 0) is 55.5 Å². The Morgan fingerprint density at radius 3 is 1.66 bits per heavy atom. The van der Waals surface area contributed by atoms with Gasteiger partial charge in [-0.25, -0.2) is 4.98 Å². The first-order valence-electron chi connectivity index (χ1n) is 13.7. The van der Waals surface area contributed by atoms with Crippen LogP contribution < -0.4 is 5.73 Å². The number of halogens is 3. The standard InChI is InChI=1S/C12H10ClN3O3.C7H4Cl2O.C6H15N.C4H6N4O2.CH4/c13-8-4-2-1-3-7(8)9(18)5-11-14-12(16-15-11)10(19)6-17;8-6-4-2-1-3-5(6)7(9)10;1-4-7(5-2)6-3;5-4-6-3(7-8-4)2(10)1-9;/h1-4,17H,5-6H2,(H,14,15,16);1-4H;4-6H2,1-3H3;9H,1H2,(H3,5,6,7,8);1H4. The number of rotatable bonds is 11. The van der Waals surface area contributed by atoms with Crippen molar-refractivity contribution in [1.29, 1.82) is 0 Å². The molecule has 17 heteroatoms. The van der Waals surface area contributed by atoms with Gasteiger partial charge in [-0.15, -0.1) is 5.10 Å². The molecule has 2 heterocycles. The van der Waals surface area contributed by atoms with Crippen LogP contribution in [0.1, 0.15) is 76.0 Å². The fourth-order valence-electron chi connectivity index (χ4n) is 3.27. The number of aliphatic hydroxyl groups excluding tert-OH is 2. The molecule has 0 aliphatic rings. The Bertz CT molecular complexity index is 1550. The summed E-state index contributed by atoms with van der Waals surface area (Å²) in [5.41, 5.74) is 5.82. The molecular weight excluding hydrogens is 675 g/mol. The van der Waals surface area contributed by atoms with Gasteiger partial charge in [0.05, 0.1) is 22.0 Å². The van der Waals surface area contributed by atoms with Crippen LogP contribution in [-0.2, 0) is 6.42 Å². The van der Waals surface area contributed by atoms with Crippen molar-refractivity contribution < 1.29 is 29.4 Å². The molecule has 256 valence electrons. The van der Waals surface area contributed by atoms with Gasteiger partial charge in [-0.1, -0.05) is 75.7 Å². The minimum Gasteiger partial charge on any atom is -0.388 e. The van der Waals surface area contributed by atoms with Gasteiger partial charge >= 0.3 is 0 Å². The summed E-state index contributed by atoms with van der Waals surface area (Å²) < 4.78 is 0. The molecule has 0 bridgehead atoms. The lowest BCUT2D eigenvalue weighted by molar-refractivity contribution is 0.0888. The zero-order valence-electron chi connectivity index (χ0n) is 25.3. The zero-order chi connectivity index (χ0) is 34.6. The molecule has 4 rings (SSSR count). The Morgan fingerprint density at radius 2 is 1.28 bits per heavy atom. The largest absolute Gasteiger partial charge is 0.388 e. The number of nitrogens with one attached hydrogen (secondary N) is 2. The van der Waals surface area contributed by atoms with Gasteiger partial charge in [-0.2, -0.15) is 10.1 Å². The third-order valence-corrected chi connectivity index (χ3v) is 6.63. The molecule has 0 spiro atoms. The van der Waals surface area contributed by atoms with Gasteiger partial charge in [-0.3, -0.25) is 29.4 Å². The van der Waals surface area contributed by atoms with Crippen LogP contribution in [-0.4, -0.2) is 101 Å². The molecular formula is C30H39Cl3N8O6. The van der Waals surface area contributed by atoms with Gasteiger partial charge in [0.1, 0.15) is 19.0 Å². The van der Waals surface area contributed by atoms with E-state index in [-0.39, 0.29) is 43.1 Å². The summed E-state index contributed by atoms with van der Waals surface area (Å²) in [6, 6.07) is 13.3. The number of H-pyrrole nitrogens is 2. The molecule has 0 unspecified atom stereocenters. The fourth-order valence-corrected chi connectivity index (χ4v) is 3.95. The quantitative estimate of drug-likeness (QED) is 0.108. The highest BCUT2D eigenvalue weighted by Crippen LogP contribution is 2.17. The van der Waals surface area contributed by atoms with Crippen molar-refractivity contribution in [2.45, 2.75) is 34.6 Å². The van der Waals surface area contributed by atoms with Crippen molar-refractivity contribution in [2.24, 2.45) is 0 Å². The molecule has 0 saturated heterocycles. The molecule has 0 amide bonds. The molecule has 14 nitrogen and oxygen atoms in total. The number of aliphatic hydroxyl groups is 2. The van der Waals surface area contributed by atoms with Crippen molar-refractivity contribution in [3.8, 4) is 0 Å². The number of benzene rings is 2. The highest BCUT2D eigenvalue weighted by molar-refractivity contribution is 6.68. The first-order valence-corrected chi connectivity index (χ1v) is 14.9. The third kappa shape index (κ3) is 15.4. The molecule has 0 saturated carbocycles. The van der Waals surface area contributed by atoms with Crippen molar-refractivity contribution in [1.82, 2.24) is 35.3 Å². The van der Waals surface area contributed by atoms with E-state index in [1.54, 1.807) is 48.5 Å². The SMILES string of the molecule is C.CCN(CC)CC.Nc1n[nH]c(C(=O)CO)n1.O=C(CO)c1n[nH]c(CC(=O)c2ccccc2Cl)n1.O=C(Cl)c1ccccc1Cl. The lowest BCUT2D eigenvalue weighted by Crippen LogP contribution is -2.21. The maximum Gasteiger partial charge on any atom is 0.253 e. The normalized spacial score (nSPS) is 9.81. The van der Waals surface area contributed by atoms with Crippen LogP contribution >= 0.6 is 34.8 Å². The van der Waals surface area contributed by atoms with Crippen LogP contribution in [0.2, 0.25) is 10.0 Å². The maximum atomic E-state index is 12.0. The Morgan fingerprint density at radius 1 is 0.766 bits per heavy atom. The summed E-state index contributed by atoms with van der Waals surface area (Å²) in [6.45, 7) is 8.87. The highest BCUT2D eigenvalue weighted by atomic mass is 35.5. The van der Waals surface area contributed by atoms with E-state index in [0.29, 0.717) is 21.2 Å². The lowest BCUT2D eigenvalue weighted by Gasteiger charge is -2.13. The number of aromatic nitrogens is 6. The second kappa shape index (κ2) is 23.3. The monoisotopic (exact) mass is 712 g/mol. The van der Waals surface area contributed by atoms with E-state index in [2.05, 4.69) is 56.0 Å². The summed E-state index contributed by atoms with van der Waals surface area (Å²) in [6.07, 6.45) is -0.0462. The Kier molecular flexibility index (Phi) is 21.3. The fraction of sp³-hybridized carbons (Fsp3) is 0.333. The molecule has 4 aromatic rings. The van der Waals surface area contributed by atoms with Crippen molar-refractivity contribution >= 4 is 63.3 Å². The molecule has 2 aromatic carbocycles. The van der Waals surface area contributed by atoms with Gasteiger partial charge < -0.3 is 20.8 Å². The number of hydrogen-bond acceptors (Lipinski definition) is 12. The van der Waals surface area contributed by atoms with Crippen molar-refractivity contribution in [3.63, 3.8) is 0 Å². The zero-order valence-corrected chi connectivity index (χ0v) is 27.6.